The number of benzene rings is 10. The summed E-state index contributed by atoms with van der Waals surface area (Å²) < 4.78 is 56.8. The average Bonchev–Trinajstić information content (AvgIpc) is 1.70. The van der Waals surface area contributed by atoms with E-state index in [9.17, 15) is 0 Å². The summed E-state index contributed by atoms with van der Waals surface area (Å²) in [6.45, 7) is 8.27. The Morgan fingerprint density at radius 1 is 0.318 bits per heavy atom. The van der Waals surface area contributed by atoms with Gasteiger partial charge >= 0.3 is 7.12 Å². The lowest BCUT2D eigenvalue weighted by molar-refractivity contribution is 0.00578. The Hall–Kier alpha value is -9.73. The summed E-state index contributed by atoms with van der Waals surface area (Å²) in [5.41, 5.74) is 13.8. The third-order valence-electron chi connectivity index (χ3n) is 16.4. The molecule has 0 spiro atoms. The largest absolute Gasteiger partial charge is 0.494 e. The van der Waals surface area contributed by atoms with E-state index in [1.807, 2.05) is 146 Å². The standard InChI is InChI=1S/C33H18ClN3O2.C24H23BO3.C15H7Cl2N3O.3H2/c34-33-36-31(20-13-15-24-23-9-4-5-11-26(23)38-28(24)17-20)35-32(37-33)21-14-16-25-29(18-21)39-27-12-6-10-22(30(25)27)19-7-2-1-3-8-19;1-23(2)24(3,4)28-25(27-23)17-13-14-19-21(15-17)26-20-12-8-11-18(22(19)20)16-9-6-5-7-10-16;16-14-18-13(19-15(17)20-14)8-5-6-10-9-3-1-2-4-11(9)21-12(10)7-8;;;/h1-18H;5-15H,1-4H3;1-7H;3*1H/i;;;2*1+2T;1+2. The monoisotopic (exact) mass is 1220 g/mol. The molecular formula is C72H54BCl3N6O6. The molecule has 6 aromatic heterocycles. The summed E-state index contributed by atoms with van der Waals surface area (Å²) in [7, 11) is -0.392. The second-order valence-electron chi connectivity index (χ2n) is 22.4. The molecule has 1 fully saturated rings. The van der Waals surface area contributed by atoms with Gasteiger partial charge in [-0.15, -0.1) is 0 Å². The van der Waals surface area contributed by atoms with Crippen LogP contribution >= 0.6 is 34.8 Å². The molecule has 1 aliphatic heterocycles. The zero-order valence-electron chi connectivity index (χ0n) is 51.6. The van der Waals surface area contributed by atoms with Crippen molar-refractivity contribution in [1.29, 1.82) is 0 Å². The van der Waals surface area contributed by atoms with Crippen molar-refractivity contribution in [1.82, 2.24) is 29.9 Å². The van der Waals surface area contributed by atoms with Gasteiger partial charge in [-0.25, -0.2) is 4.98 Å². The van der Waals surface area contributed by atoms with E-state index in [0.29, 0.717) is 17.5 Å². The highest BCUT2D eigenvalue weighted by Gasteiger charge is 2.51. The highest BCUT2D eigenvalue weighted by molar-refractivity contribution is 6.62. The minimum Gasteiger partial charge on any atom is -0.456 e. The van der Waals surface area contributed by atoms with Gasteiger partial charge in [0, 0.05) is 67.1 Å². The van der Waals surface area contributed by atoms with Crippen molar-refractivity contribution >= 4 is 135 Å². The van der Waals surface area contributed by atoms with Crippen LogP contribution in [0.4, 0.5) is 0 Å². The zero-order chi connectivity index (χ0) is 63.8. The fraction of sp³-hybridized carbons (Fsp3) is 0.0833. The normalized spacial score (nSPS) is 13.9. The Morgan fingerprint density at radius 3 is 1.15 bits per heavy atom. The quantitative estimate of drug-likeness (QED) is 0.146. The van der Waals surface area contributed by atoms with E-state index < -0.39 is 7.12 Å². The van der Waals surface area contributed by atoms with E-state index in [-0.39, 0.29) is 28.5 Å². The molecular weight excluding hydrogens is 1160 g/mol. The second kappa shape index (κ2) is 21.9. The van der Waals surface area contributed by atoms with Crippen LogP contribution in [0.2, 0.25) is 15.9 Å². The van der Waals surface area contributed by atoms with Gasteiger partial charge in [-0.2, -0.15) is 24.9 Å². The first-order valence-electron chi connectivity index (χ1n) is 30.5. The van der Waals surface area contributed by atoms with Crippen LogP contribution in [-0.2, 0) is 9.31 Å². The van der Waals surface area contributed by atoms with Crippen molar-refractivity contribution in [2.24, 2.45) is 0 Å². The fourth-order valence-electron chi connectivity index (χ4n) is 11.4. The minimum absolute atomic E-state index is 0. The molecule has 12 nitrogen and oxygen atoms in total. The van der Waals surface area contributed by atoms with Crippen molar-refractivity contribution in [2.75, 3.05) is 0 Å². The van der Waals surface area contributed by atoms with Crippen LogP contribution < -0.4 is 5.46 Å². The summed E-state index contributed by atoms with van der Waals surface area (Å²) in [6, 6.07) is 72.9. The molecule has 0 radical (unpaired) electrons. The van der Waals surface area contributed by atoms with Gasteiger partial charge in [-0.1, -0.05) is 152 Å². The van der Waals surface area contributed by atoms with Crippen LogP contribution in [0.1, 0.15) is 35.1 Å². The Labute approximate surface area is 526 Å². The molecule has 1 saturated heterocycles. The molecule has 16 heteroatoms. The van der Waals surface area contributed by atoms with Gasteiger partial charge in [-0.3, -0.25) is 0 Å². The Morgan fingerprint density at radius 2 is 0.670 bits per heavy atom. The molecule has 432 valence electrons. The highest BCUT2D eigenvalue weighted by atomic mass is 35.5. The molecule has 10 aromatic carbocycles. The molecule has 0 saturated carbocycles. The number of halogens is 3. The summed E-state index contributed by atoms with van der Waals surface area (Å²) >= 11 is 18.0. The van der Waals surface area contributed by atoms with Crippen molar-refractivity contribution in [3.05, 3.63) is 234 Å². The maximum absolute atomic E-state index is 6.39. The van der Waals surface area contributed by atoms with E-state index in [1.54, 1.807) is 0 Å². The lowest BCUT2D eigenvalue weighted by Gasteiger charge is -2.32. The molecule has 0 atom stereocenters. The molecule has 7 heterocycles. The van der Waals surface area contributed by atoms with Crippen LogP contribution in [0.3, 0.4) is 0 Å². The van der Waals surface area contributed by atoms with Crippen molar-refractivity contribution in [2.45, 2.75) is 38.9 Å². The first-order valence-corrected chi connectivity index (χ1v) is 29.6. The molecule has 88 heavy (non-hydrogen) atoms. The lowest BCUT2D eigenvalue weighted by atomic mass is 9.79. The first kappa shape index (κ1) is 52.6. The number of fused-ring (bicyclic) bond motifs is 12. The minimum atomic E-state index is -0.392. The van der Waals surface area contributed by atoms with Crippen LogP contribution in [0.25, 0.3) is 144 Å². The predicted octanol–water partition coefficient (Wildman–Crippen LogP) is 20.4. The van der Waals surface area contributed by atoms with E-state index in [0.717, 1.165) is 121 Å². The maximum atomic E-state index is 6.39. The first-order chi connectivity index (χ1) is 44.8. The Bertz CT molecular complexity index is 5370. The summed E-state index contributed by atoms with van der Waals surface area (Å²) in [5.74, 6) is 1.37. The number of rotatable bonds is 6. The van der Waals surface area contributed by atoms with Crippen molar-refractivity contribution in [3.63, 3.8) is 0 Å². The molecule has 1 aliphatic rings. The summed E-state index contributed by atoms with van der Waals surface area (Å²) in [5, 5.41) is 8.84. The Balaban J connectivity index is 0.000000136. The maximum Gasteiger partial charge on any atom is 0.494 e. The molecule has 0 amide bonds. The van der Waals surface area contributed by atoms with Crippen LogP contribution in [-0.4, -0.2) is 48.2 Å². The van der Waals surface area contributed by atoms with Crippen molar-refractivity contribution < 1.29 is 34.3 Å². The molecule has 17 rings (SSSR count). The molecule has 0 N–H and O–H groups in total. The number of nitrogens with zero attached hydrogens (tertiary/aromatic N) is 6. The molecule has 0 bridgehead atoms. The third kappa shape index (κ3) is 10.1. The number of para-hydroxylation sites is 2. The topological polar surface area (TPSA) is 148 Å². The van der Waals surface area contributed by atoms with E-state index in [2.05, 4.69) is 125 Å². The SMILES string of the molecule is CC1(C)OB(c2ccc3c(c2)oc2cccc(-c4ccccc4)c23)OC1(C)C.Clc1nc(-c2ccc3c(c2)oc2ccccc23)nc(-c2ccc3c(c2)oc2cccc(-c4ccccc4)c23)n1.Clc1nc(Cl)nc(-c2ccc3c(c2)oc2ccccc23)n1.[3HH].[3H][3H].[3H][3H]. The van der Waals surface area contributed by atoms with Crippen LogP contribution in [0.15, 0.2) is 236 Å². The lowest BCUT2D eigenvalue weighted by Crippen LogP contribution is -2.41. The van der Waals surface area contributed by atoms with Gasteiger partial charge in [0.25, 0.3) is 0 Å². The van der Waals surface area contributed by atoms with Crippen molar-refractivity contribution in [3.8, 4) is 56.4 Å². The van der Waals surface area contributed by atoms with E-state index in [1.165, 1.54) is 11.1 Å². The van der Waals surface area contributed by atoms with Gasteiger partial charge in [0.05, 0.1) is 11.2 Å². The number of furan rings is 4. The van der Waals surface area contributed by atoms with Gasteiger partial charge in [-0.05, 0) is 157 Å². The zero-order valence-corrected chi connectivity index (χ0v) is 49.9. The summed E-state index contributed by atoms with van der Waals surface area (Å²) in [4.78, 5) is 25.5. The number of hydrogen-bond donors (Lipinski definition) is 0. The van der Waals surface area contributed by atoms with E-state index >= 15 is 0 Å². The highest BCUT2D eigenvalue weighted by Crippen LogP contribution is 2.42. The smallest absolute Gasteiger partial charge is 0.456 e. The van der Waals surface area contributed by atoms with Crippen LogP contribution in [0.5, 0.6) is 0 Å². The second-order valence-corrected chi connectivity index (χ2v) is 23.4. The number of hydrogen-bond acceptors (Lipinski definition) is 12. The van der Waals surface area contributed by atoms with Gasteiger partial charge < -0.3 is 27.0 Å². The van der Waals surface area contributed by atoms with Gasteiger partial charge in [0.1, 0.15) is 44.7 Å². The van der Waals surface area contributed by atoms with Crippen LogP contribution in [0, 0.1) is 0 Å². The van der Waals surface area contributed by atoms with Gasteiger partial charge in [0.2, 0.25) is 15.9 Å². The Kier molecular flexibility index (Phi) is 13.1. The van der Waals surface area contributed by atoms with Gasteiger partial charge in [0.15, 0.2) is 17.5 Å². The molecule has 16 aromatic rings. The number of aromatic nitrogens is 6. The molecule has 0 aliphatic carbocycles. The third-order valence-corrected chi connectivity index (χ3v) is 16.9. The average molecular weight is 1230 g/mol. The summed E-state index contributed by atoms with van der Waals surface area (Å²) in [6.07, 6.45) is 0. The molecule has 0 unspecified atom stereocenters. The fourth-order valence-corrected chi connectivity index (χ4v) is 12.0. The van der Waals surface area contributed by atoms with E-state index in [4.69, 9.17) is 72.7 Å². The predicted molar refractivity (Wildman–Crippen MR) is 359 cm³/mol.